The topological polar surface area (TPSA) is 121 Å². The fourth-order valence-electron chi connectivity index (χ4n) is 3.67. The molecule has 0 radical (unpaired) electrons. The van der Waals surface area contributed by atoms with Crippen LogP contribution in [0.2, 0.25) is 0 Å². The molecule has 174 valence electrons. The Hall–Kier alpha value is -3.02. The standard InChI is InChI=1S/C21H26FN3O7/c1-29-11-21(12-30-2)20(28)19(14-10-13(22)4-5-15(14)32-21)23-16-6-7-17(26)25(24-16)9-8-18(27)31-3/h4-7,10,19-20,28H,8-9,11-12H2,1-3H3,(H,23,24)/t19-,20+/m1/s1. The van der Waals surface area contributed by atoms with Crippen LogP contribution in [0.1, 0.15) is 18.0 Å². The number of benzene rings is 1. The Kier molecular flexibility index (Phi) is 7.44. The largest absolute Gasteiger partial charge is 0.479 e. The molecule has 0 fully saturated rings. The van der Waals surface area contributed by atoms with Crippen LogP contribution in [0.4, 0.5) is 10.2 Å². The number of carbonyl (C=O) groups is 1. The van der Waals surface area contributed by atoms with Gasteiger partial charge in [0.1, 0.15) is 23.5 Å². The summed E-state index contributed by atoms with van der Waals surface area (Å²) in [6.45, 7) is 0.0198. The van der Waals surface area contributed by atoms with Crippen LogP contribution >= 0.6 is 0 Å². The van der Waals surface area contributed by atoms with E-state index in [1.165, 1.54) is 51.7 Å². The molecule has 0 spiro atoms. The third-order valence-electron chi connectivity index (χ3n) is 5.18. The van der Waals surface area contributed by atoms with E-state index in [9.17, 15) is 19.1 Å². The molecule has 0 aliphatic carbocycles. The summed E-state index contributed by atoms with van der Waals surface area (Å²) >= 11 is 0. The fraction of sp³-hybridized carbons (Fsp3) is 0.476. The van der Waals surface area contributed by atoms with Crippen molar-refractivity contribution < 1.29 is 33.2 Å². The molecule has 1 aromatic carbocycles. The van der Waals surface area contributed by atoms with E-state index in [0.717, 1.165) is 4.68 Å². The van der Waals surface area contributed by atoms with E-state index in [2.05, 4.69) is 15.2 Å². The SMILES string of the molecule is COCC1(COC)Oc2ccc(F)cc2[C@@H](Nc2ccc(=O)n(CCC(=O)OC)n2)[C@@H]1O. The summed E-state index contributed by atoms with van der Waals surface area (Å²) in [6.07, 6.45) is -1.26. The molecule has 2 heterocycles. The highest BCUT2D eigenvalue weighted by atomic mass is 19.1. The number of anilines is 1. The fourth-order valence-corrected chi connectivity index (χ4v) is 3.67. The lowest BCUT2D eigenvalue weighted by Gasteiger charge is -2.45. The summed E-state index contributed by atoms with van der Waals surface area (Å²) in [4.78, 5) is 23.5. The van der Waals surface area contributed by atoms with Crippen LogP contribution in [0, 0.1) is 5.82 Å². The molecule has 11 heteroatoms. The van der Waals surface area contributed by atoms with Gasteiger partial charge >= 0.3 is 5.97 Å². The van der Waals surface area contributed by atoms with Gasteiger partial charge in [0.05, 0.1) is 39.3 Å². The lowest BCUT2D eigenvalue weighted by atomic mass is 9.84. The van der Waals surface area contributed by atoms with Gasteiger partial charge in [0.25, 0.3) is 5.56 Å². The number of aliphatic hydroxyl groups excluding tert-OH is 1. The highest BCUT2D eigenvalue weighted by molar-refractivity contribution is 5.68. The van der Waals surface area contributed by atoms with Gasteiger partial charge in [-0.25, -0.2) is 9.07 Å². The Morgan fingerprint density at radius 1 is 1.25 bits per heavy atom. The smallest absolute Gasteiger partial charge is 0.307 e. The van der Waals surface area contributed by atoms with Crippen molar-refractivity contribution in [1.29, 1.82) is 0 Å². The predicted molar refractivity (Wildman–Crippen MR) is 111 cm³/mol. The van der Waals surface area contributed by atoms with Crippen molar-refractivity contribution in [2.45, 2.75) is 30.7 Å². The second-order valence-corrected chi connectivity index (χ2v) is 7.39. The summed E-state index contributed by atoms with van der Waals surface area (Å²) in [5.41, 5.74) is -1.31. The number of nitrogens with zero attached hydrogens (tertiary/aromatic N) is 2. The van der Waals surface area contributed by atoms with E-state index in [4.69, 9.17) is 14.2 Å². The van der Waals surface area contributed by atoms with E-state index < -0.39 is 35.1 Å². The van der Waals surface area contributed by atoms with Gasteiger partial charge in [-0.1, -0.05) is 0 Å². The normalized spacial score (nSPS) is 19.0. The molecule has 2 N–H and O–H groups in total. The first-order valence-electron chi connectivity index (χ1n) is 9.89. The number of halogens is 1. The molecule has 0 bridgehead atoms. The molecule has 1 aromatic heterocycles. The zero-order valence-corrected chi connectivity index (χ0v) is 18.0. The summed E-state index contributed by atoms with van der Waals surface area (Å²) in [6, 6.07) is 5.83. The molecular formula is C21H26FN3O7. The molecule has 2 aromatic rings. The number of carbonyl (C=O) groups excluding carboxylic acids is 1. The minimum atomic E-state index is -1.27. The molecule has 0 saturated carbocycles. The maximum Gasteiger partial charge on any atom is 0.307 e. The molecule has 3 rings (SSSR count). The molecule has 32 heavy (non-hydrogen) atoms. The van der Waals surface area contributed by atoms with Gasteiger partial charge in [0.2, 0.25) is 0 Å². The number of hydrogen-bond acceptors (Lipinski definition) is 9. The quantitative estimate of drug-likeness (QED) is 0.535. The van der Waals surface area contributed by atoms with Crippen LogP contribution < -0.4 is 15.6 Å². The third kappa shape index (κ3) is 4.90. The van der Waals surface area contributed by atoms with Crippen LogP contribution in [-0.4, -0.2) is 67.1 Å². The van der Waals surface area contributed by atoms with Crippen molar-refractivity contribution in [3.05, 3.63) is 52.1 Å². The number of methoxy groups -OCH3 is 3. The van der Waals surface area contributed by atoms with Gasteiger partial charge in [-0.3, -0.25) is 9.59 Å². The molecular weight excluding hydrogens is 425 g/mol. The van der Waals surface area contributed by atoms with Crippen molar-refractivity contribution in [2.75, 3.05) is 39.9 Å². The third-order valence-corrected chi connectivity index (χ3v) is 5.18. The van der Waals surface area contributed by atoms with Gasteiger partial charge in [-0.15, -0.1) is 0 Å². The molecule has 2 atom stereocenters. The van der Waals surface area contributed by atoms with E-state index in [1.54, 1.807) is 0 Å². The summed E-state index contributed by atoms with van der Waals surface area (Å²) in [7, 11) is 4.19. The molecule has 1 aliphatic heterocycles. The van der Waals surface area contributed by atoms with Gasteiger partial charge in [0, 0.05) is 25.8 Å². The van der Waals surface area contributed by atoms with Crippen molar-refractivity contribution in [3.8, 4) is 5.75 Å². The number of ether oxygens (including phenoxy) is 4. The zero-order valence-electron chi connectivity index (χ0n) is 18.0. The summed E-state index contributed by atoms with van der Waals surface area (Å²) < 4.78 is 36.3. The number of fused-ring (bicyclic) bond motifs is 1. The van der Waals surface area contributed by atoms with Crippen molar-refractivity contribution in [3.63, 3.8) is 0 Å². The van der Waals surface area contributed by atoms with Crippen LogP contribution in [0.25, 0.3) is 0 Å². The number of aromatic nitrogens is 2. The number of nitrogens with one attached hydrogen (secondary N) is 1. The Labute approximate surface area is 183 Å². The number of hydrogen-bond donors (Lipinski definition) is 2. The monoisotopic (exact) mass is 451 g/mol. The first-order chi connectivity index (χ1) is 15.3. The second kappa shape index (κ2) is 10.1. The highest BCUT2D eigenvalue weighted by Gasteiger charge is 2.50. The summed E-state index contributed by atoms with van der Waals surface area (Å²) in [5.74, 6) is -0.403. The van der Waals surface area contributed by atoms with Crippen molar-refractivity contribution in [2.24, 2.45) is 0 Å². The highest BCUT2D eigenvalue weighted by Crippen LogP contribution is 2.42. The van der Waals surface area contributed by atoms with E-state index in [0.29, 0.717) is 11.3 Å². The van der Waals surface area contributed by atoms with E-state index >= 15 is 0 Å². The number of aliphatic hydroxyl groups is 1. The predicted octanol–water partition coefficient (Wildman–Crippen LogP) is 0.884. The van der Waals surface area contributed by atoms with E-state index in [-0.39, 0.29) is 32.0 Å². The van der Waals surface area contributed by atoms with Crippen LogP contribution in [0.3, 0.4) is 0 Å². The van der Waals surface area contributed by atoms with Crippen molar-refractivity contribution in [1.82, 2.24) is 9.78 Å². The van der Waals surface area contributed by atoms with Crippen LogP contribution in [0.15, 0.2) is 35.1 Å². The van der Waals surface area contributed by atoms with Crippen molar-refractivity contribution >= 4 is 11.8 Å². The average molecular weight is 451 g/mol. The minimum absolute atomic E-state index is 0.00303. The molecule has 0 saturated heterocycles. The van der Waals surface area contributed by atoms with E-state index in [1.807, 2.05) is 0 Å². The van der Waals surface area contributed by atoms with Gasteiger partial charge in [-0.05, 0) is 24.3 Å². The first-order valence-corrected chi connectivity index (χ1v) is 9.89. The first kappa shape index (κ1) is 23.6. The molecule has 10 nitrogen and oxygen atoms in total. The Morgan fingerprint density at radius 2 is 1.97 bits per heavy atom. The Morgan fingerprint density at radius 3 is 2.62 bits per heavy atom. The lowest BCUT2D eigenvalue weighted by Crippen LogP contribution is -2.60. The maximum absolute atomic E-state index is 14.0. The lowest BCUT2D eigenvalue weighted by molar-refractivity contribution is -0.142. The maximum atomic E-state index is 14.0. The summed E-state index contributed by atoms with van der Waals surface area (Å²) in [5, 5.41) is 18.5. The number of aryl methyl sites for hydroxylation is 1. The van der Waals surface area contributed by atoms with Crippen LogP contribution in [-0.2, 0) is 25.5 Å². The number of esters is 1. The zero-order chi connectivity index (χ0) is 23.3. The van der Waals surface area contributed by atoms with Gasteiger partial charge < -0.3 is 29.4 Å². The second-order valence-electron chi connectivity index (χ2n) is 7.39. The minimum Gasteiger partial charge on any atom is -0.479 e. The Balaban J connectivity index is 1.97. The molecule has 0 amide bonds. The van der Waals surface area contributed by atoms with Crippen LogP contribution in [0.5, 0.6) is 5.75 Å². The molecule has 1 aliphatic rings. The van der Waals surface area contributed by atoms with Gasteiger partial charge in [0.15, 0.2) is 5.60 Å². The van der Waals surface area contributed by atoms with Gasteiger partial charge in [-0.2, -0.15) is 5.10 Å². The number of rotatable bonds is 9. The molecule has 0 unspecified atom stereocenters. The Bertz CT molecular complexity index is 1010. The average Bonchev–Trinajstić information content (AvgIpc) is 2.77.